The molecular formula is C14H22N2O3S. The topological polar surface area (TPSA) is 89.3 Å². The second kappa shape index (κ2) is 5.93. The molecule has 0 fully saturated rings. The van der Waals surface area contributed by atoms with E-state index in [0.29, 0.717) is 12.1 Å². The minimum absolute atomic E-state index is 0.187. The molecule has 6 heteroatoms. The standard InChI is InChI=1S/C14H22N2O3S/c1-10(2)14(3,9-15)16-13(17)11-5-7-12(8-6-11)20(4,18)19/h5-8,10H,9,15H2,1-4H3,(H,16,17). The third-order valence-electron chi connectivity index (χ3n) is 3.64. The Bertz CT molecular complexity index is 579. The van der Waals surface area contributed by atoms with Crippen LogP contribution in [0.1, 0.15) is 31.1 Å². The maximum Gasteiger partial charge on any atom is 0.251 e. The Balaban J connectivity index is 2.94. The van der Waals surface area contributed by atoms with Crippen molar-refractivity contribution in [3.05, 3.63) is 29.8 Å². The number of sulfone groups is 1. The zero-order valence-electron chi connectivity index (χ0n) is 12.3. The largest absolute Gasteiger partial charge is 0.345 e. The van der Waals surface area contributed by atoms with Crippen molar-refractivity contribution < 1.29 is 13.2 Å². The molecule has 3 N–H and O–H groups in total. The van der Waals surface area contributed by atoms with Gasteiger partial charge in [-0.15, -0.1) is 0 Å². The second-order valence-electron chi connectivity index (χ2n) is 5.53. The van der Waals surface area contributed by atoms with Crippen molar-refractivity contribution >= 4 is 15.7 Å². The third kappa shape index (κ3) is 3.80. The highest BCUT2D eigenvalue weighted by Gasteiger charge is 2.28. The van der Waals surface area contributed by atoms with Crippen molar-refractivity contribution in [2.75, 3.05) is 12.8 Å². The van der Waals surface area contributed by atoms with Crippen LogP contribution in [0.3, 0.4) is 0 Å². The molecule has 0 saturated carbocycles. The van der Waals surface area contributed by atoms with Crippen molar-refractivity contribution in [1.29, 1.82) is 0 Å². The Morgan fingerprint density at radius 1 is 1.30 bits per heavy atom. The zero-order chi connectivity index (χ0) is 15.6. The van der Waals surface area contributed by atoms with E-state index in [4.69, 9.17) is 5.73 Å². The molecule has 1 aromatic rings. The van der Waals surface area contributed by atoms with Gasteiger partial charge >= 0.3 is 0 Å². The lowest BCUT2D eigenvalue weighted by Gasteiger charge is -2.33. The van der Waals surface area contributed by atoms with E-state index in [-0.39, 0.29) is 16.7 Å². The molecule has 0 heterocycles. The fraction of sp³-hybridized carbons (Fsp3) is 0.500. The molecule has 0 aliphatic heterocycles. The first-order valence-corrected chi connectivity index (χ1v) is 8.32. The van der Waals surface area contributed by atoms with Gasteiger partial charge in [0.1, 0.15) is 0 Å². The first kappa shape index (κ1) is 16.7. The van der Waals surface area contributed by atoms with Gasteiger partial charge in [-0.1, -0.05) is 13.8 Å². The Morgan fingerprint density at radius 3 is 2.15 bits per heavy atom. The van der Waals surface area contributed by atoms with Gasteiger partial charge in [-0.05, 0) is 37.1 Å². The molecule has 5 nitrogen and oxygen atoms in total. The number of carbonyl (C=O) groups excluding carboxylic acids is 1. The van der Waals surface area contributed by atoms with Crippen LogP contribution >= 0.6 is 0 Å². The highest BCUT2D eigenvalue weighted by atomic mass is 32.2. The van der Waals surface area contributed by atoms with E-state index in [1.54, 1.807) is 0 Å². The molecule has 20 heavy (non-hydrogen) atoms. The van der Waals surface area contributed by atoms with Gasteiger partial charge in [-0.25, -0.2) is 8.42 Å². The lowest BCUT2D eigenvalue weighted by atomic mass is 9.88. The van der Waals surface area contributed by atoms with Gasteiger partial charge in [-0.3, -0.25) is 4.79 Å². The van der Waals surface area contributed by atoms with Crippen molar-refractivity contribution in [2.45, 2.75) is 31.2 Å². The van der Waals surface area contributed by atoms with Gasteiger partial charge < -0.3 is 11.1 Å². The van der Waals surface area contributed by atoms with E-state index in [9.17, 15) is 13.2 Å². The Kier molecular flexibility index (Phi) is 4.94. The van der Waals surface area contributed by atoms with Crippen LogP contribution in [-0.4, -0.2) is 32.7 Å². The van der Waals surface area contributed by atoms with Crippen molar-refractivity contribution in [2.24, 2.45) is 11.7 Å². The predicted octanol–water partition coefficient (Wildman–Crippen LogP) is 1.19. The summed E-state index contributed by atoms with van der Waals surface area (Å²) in [6.07, 6.45) is 1.13. The van der Waals surface area contributed by atoms with E-state index < -0.39 is 15.4 Å². The first-order chi connectivity index (χ1) is 9.10. The van der Waals surface area contributed by atoms with Crippen LogP contribution in [0.5, 0.6) is 0 Å². The molecule has 0 radical (unpaired) electrons. The number of carbonyl (C=O) groups is 1. The van der Waals surface area contributed by atoms with Crippen molar-refractivity contribution in [3.63, 3.8) is 0 Å². The summed E-state index contributed by atoms with van der Waals surface area (Å²) in [5.74, 6) is -0.0709. The first-order valence-electron chi connectivity index (χ1n) is 6.43. The highest BCUT2D eigenvalue weighted by molar-refractivity contribution is 7.90. The smallest absolute Gasteiger partial charge is 0.251 e. The third-order valence-corrected chi connectivity index (χ3v) is 4.77. The summed E-state index contributed by atoms with van der Waals surface area (Å²) in [5, 5.41) is 2.90. The average Bonchev–Trinajstić information content (AvgIpc) is 2.37. The monoisotopic (exact) mass is 298 g/mol. The van der Waals surface area contributed by atoms with Crippen LogP contribution in [0.25, 0.3) is 0 Å². The fourth-order valence-corrected chi connectivity index (χ4v) is 2.25. The van der Waals surface area contributed by atoms with Gasteiger partial charge in [0.2, 0.25) is 0 Å². The van der Waals surface area contributed by atoms with E-state index in [1.807, 2.05) is 20.8 Å². The van der Waals surface area contributed by atoms with E-state index in [0.717, 1.165) is 6.26 Å². The quantitative estimate of drug-likeness (QED) is 0.854. The number of benzene rings is 1. The van der Waals surface area contributed by atoms with Gasteiger partial charge in [-0.2, -0.15) is 0 Å². The number of nitrogens with two attached hydrogens (primary N) is 1. The molecule has 1 rings (SSSR count). The number of hydrogen-bond donors (Lipinski definition) is 2. The fourth-order valence-electron chi connectivity index (χ4n) is 1.62. The maximum atomic E-state index is 12.2. The maximum absolute atomic E-state index is 12.2. The Labute approximate surface area is 120 Å². The minimum Gasteiger partial charge on any atom is -0.345 e. The Hall–Kier alpha value is -1.40. The molecule has 1 atom stereocenters. The summed E-state index contributed by atoms with van der Waals surface area (Å²) in [6, 6.07) is 5.87. The predicted molar refractivity (Wildman–Crippen MR) is 79.3 cm³/mol. The second-order valence-corrected chi connectivity index (χ2v) is 7.54. The summed E-state index contributed by atoms with van der Waals surface area (Å²) < 4.78 is 22.7. The van der Waals surface area contributed by atoms with Crippen LogP contribution in [0.15, 0.2) is 29.2 Å². The molecule has 112 valence electrons. The lowest BCUT2D eigenvalue weighted by Crippen LogP contribution is -2.55. The molecule has 0 aliphatic carbocycles. The number of rotatable bonds is 5. The molecule has 0 saturated heterocycles. The van der Waals surface area contributed by atoms with Gasteiger partial charge in [0.25, 0.3) is 5.91 Å². The van der Waals surface area contributed by atoms with E-state index in [1.165, 1.54) is 24.3 Å². The molecule has 0 aromatic heterocycles. The van der Waals surface area contributed by atoms with Crippen LogP contribution in [-0.2, 0) is 9.84 Å². The molecule has 1 aromatic carbocycles. The summed E-state index contributed by atoms with van der Waals surface area (Å²) in [7, 11) is -3.25. The normalized spacial score (nSPS) is 14.9. The number of hydrogen-bond acceptors (Lipinski definition) is 4. The lowest BCUT2D eigenvalue weighted by molar-refractivity contribution is 0.0883. The Morgan fingerprint density at radius 2 is 1.80 bits per heavy atom. The van der Waals surface area contributed by atoms with Crippen molar-refractivity contribution in [1.82, 2.24) is 5.32 Å². The molecule has 0 spiro atoms. The van der Waals surface area contributed by atoms with Crippen LogP contribution in [0, 0.1) is 5.92 Å². The molecule has 0 bridgehead atoms. The minimum atomic E-state index is -3.25. The molecular weight excluding hydrogens is 276 g/mol. The van der Waals surface area contributed by atoms with Gasteiger partial charge in [0.15, 0.2) is 9.84 Å². The summed E-state index contributed by atoms with van der Waals surface area (Å²) in [6.45, 7) is 6.19. The number of nitrogens with one attached hydrogen (secondary N) is 1. The summed E-state index contributed by atoms with van der Waals surface area (Å²) in [4.78, 5) is 12.4. The van der Waals surface area contributed by atoms with Gasteiger partial charge in [0.05, 0.1) is 10.4 Å². The van der Waals surface area contributed by atoms with E-state index >= 15 is 0 Å². The SMILES string of the molecule is CC(C)C(C)(CN)NC(=O)c1ccc(S(C)(=O)=O)cc1. The van der Waals surface area contributed by atoms with Crippen LogP contribution < -0.4 is 11.1 Å². The highest BCUT2D eigenvalue weighted by Crippen LogP contribution is 2.16. The average molecular weight is 298 g/mol. The van der Waals surface area contributed by atoms with E-state index in [2.05, 4.69) is 5.32 Å². The van der Waals surface area contributed by atoms with Crippen LogP contribution in [0.2, 0.25) is 0 Å². The van der Waals surface area contributed by atoms with Crippen molar-refractivity contribution in [3.8, 4) is 0 Å². The number of amides is 1. The summed E-state index contributed by atoms with van der Waals surface area (Å²) in [5.41, 5.74) is 5.64. The molecule has 1 unspecified atom stereocenters. The summed E-state index contributed by atoms with van der Waals surface area (Å²) >= 11 is 0. The molecule has 1 amide bonds. The van der Waals surface area contributed by atoms with Gasteiger partial charge in [0, 0.05) is 18.4 Å². The molecule has 0 aliphatic rings. The van der Waals surface area contributed by atoms with Crippen LogP contribution in [0.4, 0.5) is 0 Å². The zero-order valence-corrected chi connectivity index (χ0v) is 13.1.